The number of carbonyl (C=O) groups excluding carboxylic acids is 1. The van der Waals surface area contributed by atoms with Gasteiger partial charge in [-0.15, -0.1) is 0 Å². The lowest BCUT2D eigenvalue weighted by molar-refractivity contribution is -0.00374. The van der Waals surface area contributed by atoms with Gasteiger partial charge in [0.1, 0.15) is 5.60 Å². The summed E-state index contributed by atoms with van der Waals surface area (Å²) in [5.74, 6) is 0. The number of ether oxygens (including phenoxy) is 1. The van der Waals surface area contributed by atoms with Gasteiger partial charge in [-0.25, -0.2) is 4.79 Å². The third-order valence-corrected chi connectivity index (χ3v) is 4.39. The summed E-state index contributed by atoms with van der Waals surface area (Å²) in [6.45, 7) is 11.2. The second-order valence-corrected chi connectivity index (χ2v) is 7.31. The van der Waals surface area contributed by atoms with E-state index in [9.17, 15) is 4.79 Å². The first-order valence-corrected chi connectivity index (χ1v) is 8.10. The maximum atomic E-state index is 12.3. The van der Waals surface area contributed by atoms with Gasteiger partial charge >= 0.3 is 6.09 Å². The van der Waals surface area contributed by atoms with Crippen molar-refractivity contribution in [1.82, 2.24) is 9.80 Å². The molecule has 0 N–H and O–H groups in total. The molecule has 2 saturated heterocycles. The maximum Gasteiger partial charge on any atom is 0.410 e. The summed E-state index contributed by atoms with van der Waals surface area (Å²) < 4.78 is 5.55. The van der Waals surface area contributed by atoms with Gasteiger partial charge in [0, 0.05) is 18.6 Å². The summed E-state index contributed by atoms with van der Waals surface area (Å²) in [6, 6.07) is 0.824. The Balaban J connectivity index is 1.95. The summed E-state index contributed by atoms with van der Waals surface area (Å²) in [5.41, 5.74) is -0.408. The molecule has 0 spiro atoms. The van der Waals surface area contributed by atoms with Gasteiger partial charge in [-0.2, -0.15) is 0 Å². The van der Waals surface area contributed by atoms with Crippen LogP contribution in [0.3, 0.4) is 0 Å². The van der Waals surface area contributed by atoms with E-state index in [1.807, 2.05) is 25.7 Å². The molecule has 4 nitrogen and oxygen atoms in total. The molecule has 0 aromatic heterocycles. The van der Waals surface area contributed by atoms with E-state index in [1.54, 1.807) is 0 Å². The second kappa shape index (κ2) is 6.33. The highest BCUT2D eigenvalue weighted by Crippen LogP contribution is 2.25. The van der Waals surface area contributed by atoms with Crippen LogP contribution in [0.5, 0.6) is 0 Å². The Labute approximate surface area is 123 Å². The monoisotopic (exact) mass is 282 g/mol. The molecule has 2 rings (SSSR count). The van der Waals surface area contributed by atoms with Crippen LogP contribution in [-0.2, 0) is 4.74 Å². The molecule has 20 heavy (non-hydrogen) atoms. The number of hydrogen-bond acceptors (Lipinski definition) is 3. The number of amides is 1. The van der Waals surface area contributed by atoms with Gasteiger partial charge in [-0.1, -0.05) is 6.42 Å². The number of carbonyl (C=O) groups is 1. The zero-order valence-corrected chi connectivity index (χ0v) is 13.5. The first-order chi connectivity index (χ1) is 9.37. The maximum absolute atomic E-state index is 12.3. The lowest BCUT2D eigenvalue weighted by atomic mass is 9.96. The van der Waals surface area contributed by atoms with Crippen molar-refractivity contribution in [3.05, 3.63) is 0 Å². The number of nitrogens with zero attached hydrogens (tertiary/aromatic N) is 2. The summed E-state index contributed by atoms with van der Waals surface area (Å²) in [6.07, 6.45) is 6.11. The van der Waals surface area contributed by atoms with Crippen molar-refractivity contribution in [3.8, 4) is 0 Å². The molecule has 2 fully saturated rings. The molecule has 2 aliphatic rings. The number of hydrogen-bond donors (Lipinski definition) is 0. The number of piperidine rings is 2. The van der Waals surface area contributed by atoms with Crippen LogP contribution in [0.1, 0.15) is 59.8 Å². The first kappa shape index (κ1) is 15.6. The lowest BCUT2D eigenvalue weighted by Gasteiger charge is -2.44. The van der Waals surface area contributed by atoms with Crippen molar-refractivity contribution in [3.63, 3.8) is 0 Å². The van der Waals surface area contributed by atoms with Crippen LogP contribution >= 0.6 is 0 Å². The van der Waals surface area contributed by atoms with Crippen LogP contribution in [0.4, 0.5) is 4.79 Å². The third-order valence-electron chi connectivity index (χ3n) is 4.39. The molecule has 0 aromatic carbocycles. The van der Waals surface area contributed by atoms with E-state index < -0.39 is 5.60 Å². The van der Waals surface area contributed by atoms with Gasteiger partial charge in [0.25, 0.3) is 0 Å². The highest BCUT2D eigenvalue weighted by Gasteiger charge is 2.34. The minimum Gasteiger partial charge on any atom is -0.444 e. The molecule has 116 valence electrons. The van der Waals surface area contributed by atoms with Gasteiger partial charge < -0.3 is 9.64 Å². The molecule has 4 heteroatoms. The molecule has 0 radical (unpaired) electrons. The molecule has 2 aliphatic heterocycles. The normalized spacial score (nSPS) is 29.3. The Bertz CT molecular complexity index is 332. The van der Waals surface area contributed by atoms with Crippen molar-refractivity contribution in [2.75, 3.05) is 19.6 Å². The molecule has 1 amide bonds. The summed E-state index contributed by atoms with van der Waals surface area (Å²) >= 11 is 0. The van der Waals surface area contributed by atoms with Crippen molar-refractivity contribution in [2.24, 2.45) is 0 Å². The molecule has 2 atom stereocenters. The van der Waals surface area contributed by atoms with Crippen molar-refractivity contribution in [2.45, 2.75) is 77.5 Å². The predicted octanol–water partition coefficient (Wildman–Crippen LogP) is 3.26. The molecule has 2 heterocycles. The van der Waals surface area contributed by atoms with Gasteiger partial charge in [0.2, 0.25) is 0 Å². The standard InChI is InChI=1S/C16H30N2O2/c1-13-8-9-14(17-10-6-5-7-11-17)12-18(13)15(19)20-16(2,3)4/h13-14H,5-12H2,1-4H3. The van der Waals surface area contributed by atoms with Crippen LogP contribution in [-0.4, -0.2) is 53.2 Å². The topological polar surface area (TPSA) is 32.8 Å². The fourth-order valence-electron chi connectivity index (χ4n) is 3.24. The van der Waals surface area contributed by atoms with E-state index in [1.165, 1.54) is 38.8 Å². The molecule has 0 saturated carbocycles. The minimum atomic E-state index is -0.408. The van der Waals surface area contributed by atoms with E-state index in [0.29, 0.717) is 12.1 Å². The van der Waals surface area contributed by atoms with E-state index in [-0.39, 0.29) is 6.09 Å². The molecule has 0 aromatic rings. The highest BCUT2D eigenvalue weighted by molar-refractivity contribution is 5.68. The smallest absolute Gasteiger partial charge is 0.410 e. The van der Waals surface area contributed by atoms with Crippen LogP contribution in [0.2, 0.25) is 0 Å². The Kier molecular flexibility index (Phi) is 4.95. The SMILES string of the molecule is CC1CCC(N2CCCCC2)CN1C(=O)OC(C)(C)C. The fourth-order valence-corrected chi connectivity index (χ4v) is 3.24. The fraction of sp³-hybridized carbons (Fsp3) is 0.938. The molecular formula is C16H30N2O2. The summed E-state index contributed by atoms with van der Waals surface area (Å²) in [7, 11) is 0. The Morgan fingerprint density at radius 3 is 2.35 bits per heavy atom. The average molecular weight is 282 g/mol. The molecular weight excluding hydrogens is 252 g/mol. The molecule has 2 unspecified atom stereocenters. The highest BCUT2D eigenvalue weighted by atomic mass is 16.6. The molecule has 0 bridgehead atoms. The summed E-state index contributed by atoms with van der Waals surface area (Å²) in [5, 5.41) is 0. The largest absolute Gasteiger partial charge is 0.444 e. The number of likely N-dealkylation sites (tertiary alicyclic amines) is 2. The van der Waals surface area contributed by atoms with E-state index in [4.69, 9.17) is 4.74 Å². The quantitative estimate of drug-likeness (QED) is 0.740. The molecule has 0 aliphatic carbocycles. The van der Waals surface area contributed by atoms with E-state index in [0.717, 1.165) is 13.0 Å². The summed E-state index contributed by atoms with van der Waals surface area (Å²) in [4.78, 5) is 16.9. The zero-order chi connectivity index (χ0) is 14.8. The Hall–Kier alpha value is -0.770. The predicted molar refractivity (Wildman–Crippen MR) is 80.8 cm³/mol. The first-order valence-electron chi connectivity index (χ1n) is 8.10. The van der Waals surface area contributed by atoms with Crippen molar-refractivity contribution >= 4 is 6.09 Å². The van der Waals surface area contributed by atoms with Crippen LogP contribution in [0, 0.1) is 0 Å². The zero-order valence-electron chi connectivity index (χ0n) is 13.5. The van der Waals surface area contributed by atoms with Gasteiger partial charge in [-0.05, 0) is 66.5 Å². The van der Waals surface area contributed by atoms with E-state index >= 15 is 0 Å². The Morgan fingerprint density at radius 2 is 1.75 bits per heavy atom. The van der Waals surface area contributed by atoms with Crippen molar-refractivity contribution < 1.29 is 9.53 Å². The van der Waals surface area contributed by atoms with Gasteiger partial charge in [0.05, 0.1) is 0 Å². The van der Waals surface area contributed by atoms with Crippen molar-refractivity contribution in [1.29, 1.82) is 0 Å². The number of rotatable bonds is 1. The van der Waals surface area contributed by atoms with Gasteiger partial charge in [-0.3, -0.25) is 4.90 Å². The lowest BCUT2D eigenvalue weighted by Crippen LogP contribution is -2.54. The van der Waals surface area contributed by atoms with E-state index in [2.05, 4.69) is 11.8 Å². The van der Waals surface area contributed by atoms with Gasteiger partial charge in [0.15, 0.2) is 0 Å². The Morgan fingerprint density at radius 1 is 1.10 bits per heavy atom. The second-order valence-electron chi connectivity index (χ2n) is 7.31. The third kappa shape index (κ3) is 4.11. The van der Waals surface area contributed by atoms with Crippen LogP contribution in [0.15, 0.2) is 0 Å². The van der Waals surface area contributed by atoms with Crippen LogP contribution < -0.4 is 0 Å². The average Bonchev–Trinajstić information content (AvgIpc) is 2.38. The van der Waals surface area contributed by atoms with Crippen LogP contribution in [0.25, 0.3) is 0 Å². The minimum absolute atomic E-state index is 0.147.